The molecular weight excluding hydrogens is 272 g/mol. The largest absolute Gasteiger partial charge is 0.481 e. The standard InChI is InChI=1S/C20H32O2/c1-2-3-4-5-6-7-8-9-10-11-12-13-14-15-16-17-18-19-20(21)22/h6-7,9-10,12-13,15-16H,2-5,8,11,14,17-19H2,1H3,(H,21,22)/b7-6-,10-9-,13-12-,16-15-/i6D,7D,9D,10D,12D,13D,15D,16D. The zero-order chi connectivity index (χ0) is 23.3. The van der Waals surface area contributed by atoms with Crippen molar-refractivity contribution >= 4 is 5.97 Å². The van der Waals surface area contributed by atoms with Gasteiger partial charge in [0.1, 0.15) is 0 Å². The van der Waals surface area contributed by atoms with E-state index < -0.39 is 5.97 Å². The number of carboxylic acids is 1. The molecule has 124 valence electrons. The topological polar surface area (TPSA) is 37.3 Å². The van der Waals surface area contributed by atoms with Crippen LogP contribution in [0.25, 0.3) is 0 Å². The van der Waals surface area contributed by atoms with Gasteiger partial charge >= 0.3 is 5.97 Å². The first-order valence-corrected chi connectivity index (χ1v) is 7.82. The van der Waals surface area contributed by atoms with E-state index in [1.54, 1.807) is 0 Å². The van der Waals surface area contributed by atoms with Crippen LogP contribution in [0, 0.1) is 0 Å². The van der Waals surface area contributed by atoms with Crippen LogP contribution >= 0.6 is 0 Å². The Bertz CT molecular complexity index is 708. The second kappa shape index (κ2) is 17.5. The molecule has 0 rings (SSSR count). The number of aliphatic carboxylic acids is 1. The van der Waals surface area contributed by atoms with Crippen LogP contribution in [0.5, 0.6) is 0 Å². The molecule has 0 bridgehead atoms. The van der Waals surface area contributed by atoms with Crippen LogP contribution in [0.4, 0.5) is 0 Å². The van der Waals surface area contributed by atoms with E-state index in [9.17, 15) is 4.79 Å². The summed E-state index contributed by atoms with van der Waals surface area (Å²) in [6.45, 7) is 2.04. The third kappa shape index (κ3) is 18.4. The molecule has 2 heteroatoms. The van der Waals surface area contributed by atoms with Crippen LogP contribution in [0.15, 0.2) is 48.4 Å². The number of hydrogen-bond acceptors (Lipinski definition) is 1. The lowest BCUT2D eigenvalue weighted by Gasteiger charge is -1.90. The van der Waals surface area contributed by atoms with Crippen molar-refractivity contribution < 1.29 is 20.9 Å². The maximum atomic E-state index is 10.5. The molecule has 0 unspecified atom stereocenters. The highest BCUT2D eigenvalue weighted by atomic mass is 16.4. The van der Waals surface area contributed by atoms with Crippen molar-refractivity contribution in [1.82, 2.24) is 0 Å². The normalized spacial score (nSPS) is 21.1. The van der Waals surface area contributed by atoms with Gasteiger partial charge in [-0.2, -0.15) is 0 Å². The molecule has 0 aromatic rings. The molecule has 0 spiro atoms. The number of carbonyl (C=O) groups is 1. The quantitative estimate of drug-likeness (QED) is 0.305. The predicted molar refractivity (Wildman–Crippen MR) is 96.0 cm³/mol. The van der Waals surface area contributed by atoms with Gasteiger partial charge in [0.2, 0.25) is 0 Å². The van der Waals surface area contributed by atoms with E-state index in [2.05, 4.69) is 0 Å². The van der Waals surface area contributed by atoms with Crippen molar-refractivity contribution in [3.05, 3.63) is 48.4 Å². The Morgan fingerprint density at radius 3 is 1.73 bits per heavy atom. The van der Waals surface area contributed by atoms with Crippen LogP contribution in [0.1, 0.15) is 82.1 Å². The van der Waals surface area contributed by atoms with E-state index in [1.807, 2.05) is 6.92 Å². The van der Waals surface area contributed by atoms with Gasteiger partial charge in [-0.3, -0.25) is 4.79 Å². The lowest BCUT2D eigenvalue weighted by Crippen LogP contribution is -1.92. The van der Waals surface area contributed by atoms with Crippen molar-refractivity contribution in [2.24, 2.45) is 0 Å². The number of hydrogen-bond donors (Lipinski definition) is 1. The van der Waals surface area contributed by atoms with Gasteiger partial charge in [0, 0.05) is 6.42 Å². The van der Waals surface area contributed by atoms with Gasteiger partial charge in [0.25, 0.3) is 0 Å². The summed E-state index contributed by atoms with van der Waals surface area (Å²) < 4.78 is 63.0. The molecule has 2 nitrogen and oxygen atoms in total. The third-order valence-corrected chi connectivity index (χ3v) is 2.63. The molecule has 1 N–H and O–H groups in total. The van der Waals surface area contributed by atoms with Crippen LogP contribution in [-0.2, 0) is 4.79 Å². The molecule has 0 aromatic heterocycles. The summed E-state index contributed by atoms with van der Waals surface area (Å²) in [5.74, 6) is -0.978. The van der Waals surface area contributed by atoms with Crippen molar-refractivity contribution in [1.29, 1.82) is 0 Å². The van der Waals surface area contributed by atoms with Gasteiger partial charge in [-0.1, -0.05) is 68.2 Å². The molecule has 0 aromatic carbocycles. The molecule has 0 aliphatic heterocycles. The highest BCUT2D eigenvalue weighted by Gasteiger charge is 1.92. The third-order valence-electron chi connectivity index (χ3n) is 2.63. The average molecular weight is 313 g/mol. The first kappa shape index (κ1) is 10.3. The molecule has 0 atom stereocenters. The fraction of sp³-hybridized carbons (Fsp3) is 0.550. The summed E-state index contributed by atoms with van der Waals surface area (Å²) in [5.41, 5.74) is 0. The van der Waals surface area contributed by atoms with Gasteiger partial charge in [0.05, 0.1) is 11.0 Å². The van der Waals surface area contributed by atoms with Crippen LogP contribution in [0.2, 0.25) is 0 Å². The predicted octanol–water partition coefficient (Wildman–Crippen LogP) is 6.22. The summed E-state index contributed by atoms with van der Waals surface area (Å²) in [5, 5.41) is 8.60. The SMILES string of the molecule is [2H]/C(CCCCC)=C(\[2H])C/C([2H])=C(/[2H])C/C([2H])=C(/[2H])C/C([2H])=C(/[2H])CCCC(=O)O. The van der Waals surface area contributed by atoms with Crippen LogP contribution in [-0.4, -0.2) is 11.1 Å². The van der Waals surface area contributed by atoms with E-state index in [1.165, 1.54) is 0 Å². The lowest BCUT2D eigenvalue weighted by atomic mass is 10.2. The Balaban J connectivity index is 5.00. The van der Waals surface area contributed by atoms with E-state index >= 15 is 0 Å². The summed E-state index contributed by atoms with van der Waals surface area (Å²) in [6.07, 6.45) is 2.78. The van der Waals surface area contributed by atoms with Crippen molar-refractivity contribution in [3.63, 3.8) is 0 Å². The Labute approximate surface area is 147 Å². The van der Waals surface area contributed by atoms with E-state index in [0.29, 0.717) is 6.42 Å². The van der Waals surface area contributed by atoms with Gasteiger partial charge in [-0.15, -0.1) is 0 Å². The monoisotopic (exact) mass is 312 g/mol. The minimum atomic E-state index is -0.978. The molecule has 0 fully saturated rings. The maximum absolute atomic E-state index is 10.5. The molecule has 0 aliphatic rings. The van der Waals surface area contributed by atoms with Gasteiger partial charge < -0.3 is 5.11 Å². The Morgan fingerprint density at radius 1 is 0.818 bits per heavy atom. The zero-order valence-corrected chi connectivity index (χ0v) is 13.4. The van der Waals surface area contributed by atoms with Gasteiger partial charge in [-0.05, 0) is 44.9 Å². The number of carboxylic acid groups (broad SMARTS) is 1. The number of unbranched alkanes of at least 4 members (excludes halogenated alkanes) is 2. The molecule has 0 radical (unpaired) electrons. The smallest absolute Gasteiger partial charge is 0.303 e. The Hall–Kier alpha value is -1.57. The first-order chi connectivity index (χ1) is 14.0. The second-order valence-electron chi connectivity index (χ2n) is 4.65. The van der Waals surface area contributed by atoms with Crippen molar-refractivity contribution in [2.75, 3.05) is 0 Å². The molecule has 0 saturated carbocycles. The fourth-order valence-corrected chi connectivity index (χ4v) is 1.48. The zero-order valence-electron chi connectivity index (χ0n) is 21.4. The van der Waals surface area contributed by atoms with Gasteiger partial charge in [-0.25, -0.2) is 0 Å². The van der Waals surface area contributed by atoms with Crippen molar-refractivity contribution in [3.8, 4) is 0 Å². The summed E-state index contributed by atoms with van der Waals surface area (Å²) in [7, 11) is 0. The summed E-state index contributed by atoms with van der Waals surface area (Å²) in [4.78, 5) is 10.5. The molecule has 0 aliphatic carbocycles. The number of allylic oxidation sites excluding steroid dienone is 8. The second-order valence-corrected chi connectivity index (χ2v) is 4.65. The minimum Gasteiger partial charge on any atom is -0.481 e. The summed E-state index contributed by atoms with van der Waals surface area (Å²) in [6, 6.07) is -0.961. The highest BCUT2D eigenvalue weighted by Crippen LogP contribution is 2.01. The van der Waals surface area contributed by atoms with Crippen LogP contribution < -0.4 is 0 Å². The summed E-state index contributed by atoms with van der Waals surface area (Å²) >= 11 is 0. The Kier molecular flexibility index (Phi) is 8.15. The lowest BCUT2D eigenvalue weighted by molar-refractivity contribution is -0.137. The average Bonchev–Trinajstić information content (AvgIpc) is 2.67. The Morgan fingerprint density at radius 2 is 1.27 bits per heavy atom. The highest BCUT2D eigenvalue weighted by molar-refractivity contribution is 5.66. The fourth-order valence-electron chi connectivity index (χ4n) is 1.48. The van der Waals surface area contributed by atoms with Crippen molar-refractivity contribution in [2.45, 2.75) is 71.1 Å². The molecule has 0 heterocycles. The first-order valence-electron chi connectivity index (χ1n) is 11.8. The van der Waals surface area contributed by atoms with Gasteiger partial charge in [0.15, 0.2) is 0 Å². The molecular formula is C20H32O2. The van der Waals surface area contributed by atoms with Crippen LogP contribution in [0.3, 0.4) is 0 Å². The minimum absolute atomic E-state index is 0.0148. The van der Waals surface area contributed by atoms with E-state index in [-0.39, 0.29) is 86.9 Å². The maximum Gasteiger partial charge on any atom is 0.303 e. The molecule has 22 heavy (non-hydrogen) atoms. The van der Waals surface area contributed by atoms with E-state index in [4.69, 9.17) is 16.1 Å². The molecule has 0 saturated heterocycles. The van der Waals surface area contributed by atoms with E-state index in [0.717, 1.165) is 19.3 Å². The molecule has 0 amide bonds. The number of rotatable bonds is 14.